The van der Waals surface area contributed by atoms with Gasteiger partial charge in [-0.1, -0.05) is 15.9 Å². The van der Waals surface area contributed by atoms with Crippen molar-refractivity contribution in [2.24, 2.45) is 0 Å². The van der Waals surface area contributed by atoms with Crippen molar-refractivity contribution in [3.63, 3.8) is 0 Å². The average molecular weight is 394 g/mol. The first kappa shape index (κ1) is 17.6. The predicted octanol–water partition coefficient (Wildman–Crippen LogP) is 3.79. The second-order valence-electron chi connectivity index (χ2n) is 4.56. The van der Waals surface area contributed by atoms with Crippen LogP contribution < -0.4 is 9.47 Å². The van der Waals surface area contributed by atoms with Gasteiger partial charge >= 0.3 is 5.97 Å². The molecule has 124 valence electrons. The number of carbonyl (C=O) groups is 2. The molecule has 0 radical (unpaired) electrons. The van der Waals surface area contributed by atoms with Crippen LogP contribution in [0.3, 0.4) is 0 Å². The molecule has 0 unspecified atom stereocenters. The first-order valence-electron chi connectivity index (χ1n) is 6.84. The van der Waals surface area contributed by atoms with E-state index >= 15 is 0 Å². The summed E-state index contributed by atoms with van der Waals surface area (Å²) in [6.45, 7) is 2.14. The lowest BCUT2D eigenvalue weighted by Crippen LogP contribution is -2.12. The number of aldehydes is 1. The normalized spacial score (nSPS) is 10.1. The molecule has 7 nitrogen and oxygen atoms in total. The number of hydrogen-bond donors (Lipinski definition) is 0. The Bertz CT molecular complexity index is 805. The number of ether oxygens (including phenoxy) is 2. The first-order chi connectivity index (χ1) is 11.5. The number of esters is 1. The van der Waals surface area contributed by atoms with Crippen molar-refractivity contribution in [2.75, 3.05) is 6.61 Å². The van der Waals surface area contributed by atoms with Gasteiger partial charge in [0.05, 0.1) is 17.1 Å². The highest BCUT2D eigenvalue weighted by atomic mass is 79.9. The van der Waals surface area contributed by atoms with E-state index in [4.69, 9.17) is 9.47 Å². The maximum absolute atomic E-state index is 12.4. The van der Waals surface area contributed by atoms with Crippen molar-refractivity contribution in [3.8, 4) is 11.5 Å². The fourth-order valence-corrected chi connectivity index (χ4v) is 2.29. The van der Waals surface area contributed by atoms with E-state index in [-0.39, 0.29) is 22.6 Å². The second kappa shape index (κ2) is 7.69. The molecule has 24 heavy (non-hydrogen) atoms. The van der Waals surface area contributed by atoms with E-state index < -0.39 is 10.9 Å². The van der Waals surface area contributed by atoms with E-state index in [1.165, 1.54) is 12.1 Å². The van der Waals surface area contributed by atoms with Gasteiger partial charge in [-0.15, -0.1) is 0 Å². The number of nitro groups is 1. The summed E-state index contributed by atoms with van der Waals surface area (Å²) in [5, 5.41) is 10.7. The van der Waals surface area contributed by atoms with Crippen LogP contribution in [0.4, 0.5) is 5.69 Å². The van der Waals surface area contributed by atoms with Crippen molar-refractivity contribution >= 4 is 33.9 Å². The molecule has 0 atom stereocenters. The van der Waals surface area contributed by atoms with Crippen LogP contribution >= 0.6 is 15.9 Å². The quantitative estimate of drug-likeness (QED) is 0.243. The lowest BCUT2D eigenvalue weighted by molar-refractivity contribution is -0.384. The number of nitro benzene ring substituents is 1. The van der Waals surface area contributed by atoms with Gasteiger partial charge in [0.2, 0.25) is 0 Å². The molecule has 0 aliphatic rings. The molecule has 2 rings (SSSR count). The Morgan fingerprint density at radius 2 is 1.96 bits per heavy atom. The van der Waals surface area contributed by atoms with Gasteiger partial charge in [-0.05, 0) is 31.2 Å². The Kier molecular flexibility index (Phi) is 5.64. The monoisotopic (exact) mass is 393 g/mol. The maximum atomic E-state index is 12.4. The van der Waals surface area contributed by atoms with Crippen LogP contribution in [0.15, 0.2) is 40.9 Å². The molecule has 0 saturated carbocycles. The Labute approximate surface area is 145 Å². The minimum Gasteiger partial charge on any atom is -0.493 e. The number of hydrogen-bond acceptors (Lipinski definition) is 6. The highest BCUT2D eigenvalue weighted by molar-refractivity contribution is 9.10. The molecule has 0 fully saturated rings. The van der Waals surface area contributed by atoms with Gasteiger partial charge in [0.25, 0.3) is 5.69 Å². The van der Waals surface area contributed by atoms with E-state index in [1.54, 1.807) is 19.1 Å². The van der Waals surface area contributed by atoms with E-state index in [2.05, 4.69) is 15.9 Å². The summed E-state index contributed by atoms with van der Waals surface area (Å²) in [5.74, 6) is -0.472. The number of benzene rings is 2. The van der Waals surface area contributed by atoms with Gasteiger partial charge in [-0.25, -0.2) is 4.79 Å². The van der Waals surface area contributed by atoms with Crippen molar-refractivity contribution in [3.05, 3.63) is 62.1 Å². The third-order valence-electron chi connectivity index (χ3n) is 3.00. The number of rotatable bonds is 6. The minimum atomic E-state index is -0.739. The third-order valence-corrected chi connectivity index (χ3v) is 3.49. The molecule has 0 aromatic heterocycles. The minimum absolute atomic E-state index is 0.0666. The summed E-state index contributed by atoms with van der Waals surface area (Å²) in [5.41, 5.74) is -0.193. The zero-order valence-electron chi connectivity index (χ0n) is 12.5. The van der Waals surface area contributed by atoms with E-state index in [1.807, 2.05) is 0 Å². The van der Waals surface area contributed by atoms with Crippen molar-refractivity contribution in [2.45, 2.75) is 6.92 Å². The summed E-state index contributed by atoms with van der Waals surface area (Å²) in [4.78, 5) is 33.6. The van der Waals surface area contributed by atoms with Crippen LogP contribution in [0.2, 0.25) is 0 Å². The predicted molar refractivity (Wildman–Crippen MR) is 88.8 cm³/mol. The number of carbonyl (C=O) groups excluding carboxylic acids is 2. The molecule has 0 spiro atoms. The summed E-state index contributed by atoms with van der Waals surface area (Å²) in [6.07, 6.45) is 0.389. The summed E-state index contributed by atoms with van der Waals surface area (Å²) >= 11 is 3.26. The molecule has 8 heteroatoms. The molecule has 0 aliphatic carbocycles. The second-order valence-corrected chi connectivity index (χ2v) is 5.48. The van der Waals surface area contributed by atoms with Crippen LogP contribution in [0.5, 0.6) is 11.5 Å². The molecule has 0 aliphatic heterocycles. The fourth-order valence-electron chi connectivity index (χ4n) is 1.93. The Hall–Kier alpha value is -2.74. The average Bonchev–Trinajstić information content (AvgIpc) is 2.56. The molecule has 0 heterocycles. The van der Waals surface area contributed by atoms with Gasteiger partial charge in [0.1, 0.15) is 17.1 Å². The molecule has 0 bridgehead atoms. The highest BCUT2D eigenvalue weighted by Gasteiger charge is 2.19. The molecular weight excluding hydrogens is 382 g/mol. The lowest BCUT2D eigenvalue weighted by atomic mass is 10.2. The lowest BCUT2D eigenvalue weighted by Gasteiger charge is -2.11. The smallest absolute Gasteiger partial charge is 0.347 e. The third kappa shape index (κ3) is 3.96. The Morgan fingerprint density at radius 1 is 1.25 bits per heavy atom. The van der Waals surface area contributed by atoms with Crippen LogP contribution in [-0.2, 0) is 0 Å². The van der Waals surface area contributed by atoms with Gasteiger partial charge in [0.15, 0.2) is 6.29 Å². The van der Waals surface area contributed by atoms with Crippen LogP contribution in [0.25, 0.3) is 0 Å². The van der Waals surface area contributed by atoms with Crippen molar-refractivity contribution < 1.29 is 24.0 Å². The van der Waals surface area contributed by atoms with E-state index in [9.17, 15) is 19.7 Å². The van der Waals surface area contributed by atoms with Gasteiger partial charge in [0, 0.05) is 16.6 Å². The summed E-state index contributed by atoms with van der Waals surface area (Å²) in [6, 6.07) is 8.25. The van der Waals surface area contributed by atoms with Crippen LogP contribution in [0, 0.1) is 10.1 Å². The topological polar surface area (TPSA) is 95.7 Å². The van der Waals surface area contributed by atoms with E-state index in [0.29, 0.717) is 23.1 Å². The van der Waals surface area contributed by atoms with Gasteiger partial charge in [-0.3, -0.25) is 14.9 Å². The van der Waals surface area contributed by atoms with Gasteiger partial charge in [-0.2, -0.15) is 0 Å². The van der Waals surface area contributed by atoms with Crippen molar-refractivity contribution in [1.82, 2.24) is 0 Å². The Morgan fingerprint density at radius 3 is 2.58 bits per heavy atom. The largest absolute Gasteiger partial charge is 0.493 e. The van der Waals surface area contributed by atoms with Crippen LogP contribution in [0.1, 0.15) is 27.6 Å². The summed E-state index contributed by atoms with van der Waals surface area (Å²) in [7, 11) is 0. The van der Waals surface area contributed by atoms with Crippen LogP contribution in [-0.4, -0.2) is 23.8 Å². The standard InChI is InChI=1S/C16H12BrNO6/c1-2-23-15-5-3-11(17)8-13(15)16(20)24-14-6-4-12(18(21)22)7-10(14)9-19/h3-9H,2H2,1H3. The fraction of sp³-hybridized carbons (Fsp3) is 0.125. The zero-order valence-corrected chi connectivity index (χ0v) is 14.1. The molecule has 0 saturated heterocycles. The number of halogens is 1. The number of non-ortho nitro benzene ring substituents is 1. The summed E-state index contributed by atoms with van der Waals surface area (Å²) < 4.78 is 11.2. The molecule has 2 aromatic carbocycles. The number of nitrogens with zero attached hydrogens (tertiary/aromatic N) is 1. The molecule has 2 aromatic rings. The molecule has 0 N–H and O–H groups in total. The maximum Gasteiger partial charge on any atom is 0.347 e. The first-order valence-corrected chi connectivity index (χ1v) is 7.63. The SMILES string of the molecule is CCOc1ccc(Br)cc1C(=O)Oc1ccc([N+](=O)[O-])cc1C=O. The molecular formula is C16H12BrNO6. The molecule has 0 amide bonds. The van der Waals surface area contributed by atoms with E-state index in [0.717, 1.165) is 12.1 Å². The highest BCUT2D eigenvalue weighted by Crippen LogP contribution is 2.27. The van der Waals surface area contributed by atoms with Gasteiger partial charge < -0.3 is 9.47 Å². The zero-order chi connectivity index (χ0) is 17.7. The Balaban J connectivity index is 2.35. The van der Waals surface area contributed by atoms with Crippen molar-refractivity contribution in [1.29, 1.82) is 0 Å².